The summed E-state index contributed by atoms with van der Waals surface area (Å²) in [4.78, 5) is 39.2. The summed E-state index contributed by atoms with van der Waals surface area (Å²) in [5.74, 6) is -1.42. The van der Waals surface area contributed by atoms with E-state index in [4.69, 9.17) is 23.2 Å². The van der Waals surface area contributed by atoms with Gasteiger partial charge in [0.2, 0.25) is 0 Å². The number of rotatable bonds is 5. The molecule has 4 amide bonds. The molecule has 166 valence electrons. The van der Waals surface area contributed by atoms with Gasteiger partial charge < -0.3 is 0 Å². The molecule has 3 aromatic carbocycles. The molecule has 0 unspecified atom stereocenters. The number of barbiturate groups is 1. The van der Waals surface area contributed by atoms with Gasteiger partial charge in [-0.2, -0.15) is 0 Å². The van der Waals surface area contributed by atoms with Gasteiger partial charge in [0.1, 0.15) is 5.57 Å². The summed E-state index contributed by atoms with van der Waals surface area (Å²) in [6.45, 7) is 1.93. The third-order valence-electron chi connectivity index (χ3n) is 5.44. The van der Waals surface area contributed by atoms with E-state index in [1.54, 1.807) is 24.3 Å². The van der Waals surface area contributed by atoms with Crippen LogP contribution in [0.2, 0.25) is 10.0 Å². The van der Waals surface area contributed by atoms with Crippen molar-refractivity contribution in [3.8, 4) is 0 Å². The zero-order valence-corrected chi connectivity index (χ0v) is 19.3. The molecule has 1 saturated heterocycles. The summed E-state index contributed by atoms with van der Waals surface area (Å²) in [5, 5.41) is 3.39. The molecule has 1 N–H and O–H groups in total. The Morgan fingerprint density at radius 1 is 0.848 bits per heavy atom. The Hall–Kier alpha value is -3.41. The average molecular weight is 479 g/mol. The van der Waals surface area contributed by atoms with Crippen LogP contribution < -0.4 is 10.2 Å². The molecule has 0 aliphatic carbocycles. The third-order valence-corrected chi connectivity index (χ3v) is 6.16. The first kappa shape index (κ1) is 22.8. The fourth-order valence-corrected chi connectivity index (χ4v) is 4.17. The third kappa shape index (κ3) is 4.70. The van der Waals surface area contributed by atoms with Crippen molar-refractivity contribution in [2.75, 3.05) is 4.90 Å². The number of urea groups is 1. The van der Waals surface area contributed by atoms with Gasteiger partial charge in [0.15, 0.2) is 0 Å². The molecule has 0 saturated carbocycles. The van der Waals surface area contributed by atoms with E-state index in [2.05, 4.69) is 5.32 Å². The maximum atomic E-state index is 13.2. The van der Waals surface area contributed by atoms with Crippen LogP contribution in [0.4, 0.5) is 10.5 Å². The Morgan fingerprint density at radius 3 is 2.21 bits per heavy atom. The van der Waals surface area contributed by atoms with Crippen molar-refractivity contribution in [1.82, 2.24) is 5.32 Å². The van der Waals surface area contributed by atoms with E-state index in [0.717, 1.165) is 21.6 Å². The number of halogens is 2. The summed E-state index contributed by atoms with van der Waals surface area (Å²) in [7, 11) is 0. The Balaban J connectivity index is 1.65. The molecule has 1 heterocycles. The molecule has 0 aromatic heterocycles. The van der Waals surface area contributed by atoms with E-state index in [1.165, 1.54) is 6.08 Å². The molecule has 0 bridgehead atoms. The number of carbonyl (C=O) groups excluding carboxylic acids is 3. The maximum absolute atomic E-state index is 13.2. The number of nitrogens with one attached hydrogen (secondary N) is 1. The van der Waals surface area contributed by atoms with Gasteiger partial charge in [-0.25, -0.2) is 9.69 Å². The van der Waals surface area contributed by atoms with Crippen molar-refractivity contribution >= 4 is 52.8 Å². The van der Waals surface area contributed by atoms with E-state index in [-0.39, 0.29) is 5.57 Å². The standard InChI is InChI=1S/C26H20Cl2N2O3/c1-2-17-7-4-6-10-23(17)30-25(32)20(24(31)29-26(30)33)13-16-11-12-19(22(28)14-16)15-18-8-3-5-9-21(18)27/h3-14H,2,15H2,1H3,(H,29,31,33)/b20-13-. The van der Waals surface area contributed by atoms with Crippen LogP contribution >= 0.6 is 23.2 Å². The molecule has 1 fully saturated rings. The normalized spacial score (nSPS) is 15.2. The van der Waals surface area contributed by atoms with Gasteiger partial charge in [0, 0.05) is 16.5 Å². The fraction of sp³-hybridized carbons (Fsp3) is 0.115. The maximum Gasteiger partial charge on any atom is 0.335 e. The zero-order chi connectivity index (χ0) is 23.5. The number of amides is 4. The molecule has 3 aromatic rings. The van der Waals surface area contributed by atoms with Crippen LogP contribution in [0.5, 0.6) is 0 Å². The monoisotopic (exact) mass is 478 g/mol. The topological polar surface area (TPSA) is 66.5 Å². The Morgan fingerprint density at radius 2 is 1.52 bits per heavy atom. The van der Waals surface area contributed by atoms with Gasteiger partial charge >= 0.3 is 6.03 Å². The highest BCUT2D eigenvalue weighted by atomic mass is 35.5. The second-order valence-corrected chi connectivity index (χ2v) is 8.37. The van der Waals surface area contributed by atoms with Crippen LogP contribution in [-0.4, -0.2) is 17.8 Å². The lowest BCUT2D eigenvalue weighted by Crippen LogP contribution is -2.54. The number of imide groups is 2. The lowest BCUT2D eigenvalue weighted by atomic mass is 10.0. The van der Waals surface area contributed by atoms with Gasteiger partial charge in [0.25, 0.3) is 11.8 Å². The Bertz CT molecular complexity index is 1300. The van der Waals surface area contributed by atoms with Crippen molar-refractivity contribution < 1.29 is 14.4 Å². The van der Waals surface area contributed by atoms with E-state index < -0.39 is 17.8 Å². The average Bonchev–Trinajstić information content (AvgIpc) is 2.80. The summed E-state index contributed by atoms with van der Waals surface area (Å²) in [6.07, 6.45) is 2.62. The van der Waals surface area contributed by atoms with Gasteiger partial charge in [-0.1, -0.05) is 78.7 Å². The van der Waals surface area contributed by atoms with Crippen LogP contribution in [0.3, 0.4) is 0 Å². The van der Waals surface area contributed by atoms with Crippen molar-refractivity contribution in [2.45, 2.75) is 19.8 Å². The number of para-hydroxylation sites is 1. The van der Waals surface area contributed by atoms with Gasteiger partial charge in [0.05, 0.1) is 5.69 Å². The van der Waals surface area contributed by atoms with Crippen LogP contribution in [0.1, 0.15) is 29.2 Å². The van der Waals surface area contributed by atoms with Crippen LogP contribution in [0.25, 0.3) is 6.08 Å². The molecule has 0 spiro atoms. The number of nitrogens with zero attached hydrogens (tertiary/aromatic N) is 1. The van der Waals surface area contributed by atoms with Crippen LogP contribution in [0, 0.1) is 0 Å². The Kier molecular flexibility index (Phi) is 6.63. The molecule has 1 aliphatic heterocycles. The molecular formula is C26H20Cl2N2O3. The largest absolute Gasteiger partial charge is 0.335 e. The van der Waals surface area contributed by atoms with Crippen molar-refractivity contribution in [1.29, 1.82) is 0 Å². The minimum Gasteiger partial charge on any atom is -0.273 e. The summed E-state index contributed by atoms with van der Waals surface area (Å²) in [6, 6.07) is 19.1. The molecule has 7 heteroatoms. The smallest absolute Gasteiger partial charge is 0.273 e. The predicted molar refractivity (Wildman–Crippen MR) is 131 cm³/mol. The second-order valence-electron chi connectivity index (χ2n) is 7.56. The first-order chi connectivity index (χ1) is 15.9. The molecule has 5 nitrogen and oxygen atoms in total. The first-order valence-corrected chi connectivity index (χ1v) is 11.2. The van der Waals surface area contributed by atoms with Gasteiger partial charge in [-0.15, -0.1) is 0 Å². The predicted octanol–water partition coefficient (Wildman–Crippen LogP) is 5.81. The quantitative estimate of drug-likeness (QED) is 0.371. The molecule has 0 atom stereocenters. The molecule has 0 radical (unpaired) electrons. The highest BCUT2D eigenvalue weighted by molar-refractivity contribution is 6.39. The van der Waals surface area contributed by atoms with E-state index in [0.29, 0.717) is 34.1 Å². The summed E-state index contributed by atoms with van der Waals surface area (Å²) in [5.41, 5.74) is 3.50. The molecule has 33 heavy (non-hydrogen) atoms. The first-order valence-electron chi connectivity index (χ1n) is 10.4. The fourth-order valence-electron chi connectivity index (χ4n) is 3.71. The molecule has 1 aliphatic rings. The highest BCUT2D eigenvalue weighted by Gasteiger charge is 2.37. The van der Waals surface area contributed by atoms with Crippen molar-refractivity contribution in [3.63, 3.8) is 0 Å². The lowest BCUT2D eigenvalue weighted by Gasteiger charge is -2.28. The SMILES string of the molecule is CCc1ccccc1N1C(=O)NC(=O)/C(=C/c2ccc(Cc3ccccc3Cl)c(Cl)c2)C1=O. The van der Waals surface area contributed by atoms with Crippen LogP contribution in [-0.2, 0) is 22.4 Å². The second kappa shape index (κ2) is 9.61. The summed E-state index contributed by atoms with van der Waals surface area (Å²) < 4.78 is 0. The molecule has 4 rings (SSSR count). The Labute approximate surface area is 201 Å². The highest BCUT2D eigenvalue weighted by Crippen LogP contribution is 2.28. The summed E-state index contributed by atoms with van der Waals surface area (Å²) >= 11 is 12.7. The number of aryl methyl sites for hydroxylation is 1. The van der Waals surface area contributed by atoms with Gasteiger partial charge in [-0.3, -0.25) is 14.9 Å². The van der Waals surface area contributed by atoms with Gasteiger partial charge in [-0.05, 0) is 52.9 Å². The lowest BCUT2D eigenvalue weighted by molar-refractivity contribution is -0.122. The van der Waals surface area contributed by atoms with E-state index in [9.17, 15) is 14.4 Å². The van der Waals surface area contributed by atoms with Crippen molar-refractivity contribution in [3.05, 3.63) is 105 Å². The van der Waals surface area contributed by atoms with Crippen molar-refractivity contribution in [2.24, 2.45) is 0 Å². The number of carbonyl (C=O) groups is 3. The van der Waals surface area contributed by atoms with E-state index >= 15 is 0 Å². The van der Waals surface area contributed by atoms with Crippen LogP contribution in [0.15, 0.2) is 72.3 Å². The number of hydrogen-bond acceptors (Lipinski definition) is 3. The zero-order valence-electron chi connectivity index (χ0n) is 17.8. The number of anilines is 1. The number of hydrogen-bond donors (Lipinski definition) is 1. The number of benzene rings is 3. The molecular weight excluding hydrogens is 459 g/mol. The van der Waals surface area contributed by atoms with E-state index in [1.807, 2.05) is 49.4 Å². The minimum absolute atomic E-state index is 0.143. The minimum atomic E-state index is -0.767.